The molecule has 1 N–H and O–H groups in total. The predicted molar refractivity (Wildman–Crippen MR) is 121 cm³/mol. The van der Waals surface area contributed by atoms with Gasteiger partial charge in [-0.05, 0) is 12.1 Å². The van der Waals surface area contributed by atoms with Crippen LogP contribution in [0, 0.1) is 0 Å². The van der Waals surface area contributed by atoms with E-state index in [0.29, 0.717) is 23.1 Å². The van der Waals surface area contributed by atoms with Crippen molar-refractivity contribution in [3.63, 3.8) is 0 Å². The minimum absolute atomic E-state index is 0.0255. The first kappa shape index (κ1) is 21.7. The minimum atomic E-state index is 0.0255. The standard InChI is InChI=1S/C25H33N3O3/c1-30-23-10-6-9-22(24(23)31-2)25(29)28-17-15-27(16-18-28)21-11-13-26(14-12-21)19-20-7-4-3-5-8-20/h3-10,21H,11-19H2,1-2H3/p+1. The summed E-state index contributed by atoms with van der Waals surface area (Å²) in [6.45, 7) is 6.97. The zero-order chi connectivity index (χ0) is 21.6. The molecule has 166 valence electrons. The quantitative estimate of drug-likeness (QED) is 0.767. The molecular formula is C25H34N3O3+. The van der Waals surface area contributed by atoms with Gasteiger partial charge in [-0.25, -0.2) is 0 Å². The third kappa shape index (κ3) is 5.02. The molecule has 2 aliphatic heterocycles. The van der Waals surface area contributed by atoms with Gasteiger partial charge in [-0.1, -0.05) is 36.4 Å². The number of rotatable bonds is 6. The van der Waals surface area contributed by atoms with Crippen molar-refractivity contribution in [2.24, 2.45) is 0 Å². The fourth-order valence-corrected chi connectivity index (χ4v) is 4.95. The molecule has 0 spiro atoms. The summed E-state index contributed by atoms with van der Waals surface area (Å²) in [5, 5.41) is 0. The average molecular weight is 425 g/mol. The maximum Gasteiger partial charge on any atom is 0.257 e. The van der Waals surface area contributed by atoms with Crippen LogP contribution in [-0.4, -0.2) is 75.2 Å². The zero-order valence-corrected chi connectivity index (χ0v) is 18.7. The Hall–Kier alpha value is -2.57. The van der Waals surface area contributed by atoms with Crippen molar-refractivity contribution in [2.75, 3.05) is 53.5 Å². The molecule has 31 heavy (non-hydrogen) atoms. The Morgan fingerprint density at radius 1 is 0.935 bits per heavy atom. The largest absolute Gasteiger partial charge is 0.493 e. The van der Waals surface area contributed by atoms with E-state index in [9.17, 15) is 4.79 Å². The first-order valence-electron chi connectivity index (χ1n) is 11.3. The lowest BCUT2D eigenvalue weighted by Crippen LogP contribution is -3.12. The zero-order valence-electron chi connectivity index (χ0n) is 18.7. The molecule has 0 bridgehead atoms. The minimum Gasteiger partial charge on any atom is -0.493 e. The Morgan fingerprint density at radius 2 is 1.65 bits per heavy atom. The number of benzene rings is 2. The summed E-state index contributed by atoms with van der Waals surface area (Å²) in [5.41, 5.74) is 2.00. The van der Waals surface area contributed by atoms with E-state index in [2.05, 4.69) is 35.2 Å². The second kappa shape index (κ2) is 10.2. The smallest absolute Gasteiger partial charge is 0.257 e. The van der Waals surface area contributed by atoms with Crippen LogP contribution >= 0.6 is 0 Å². The summed E-state index contributed by atoms with van der Waals surface area (Å²) in [5.74, 6) is 1.14. The molecule has 2 aromatic carbocycles. The van der Waals surface area contributed by atoms with Gasteiger partial charge in [-0.3, -0.25) is 9.69 Å². The molecule has 6 nitrogen and oxygen atoms in total. The van der Waals surface area contributed by atoms with E-state index < -0.39 is 0 Å². The van der Waals surface area contributed by atoms with Crippen LogP contribution in [0.3, 0.4) is 0 Å². The molecule has 1 amide bonds. The van der Waals surface area contributed by atoms with E-state index in [4.69, 9.17) is 9.47 Å². The molecule has 0 radical (unpaired) electrons. The molecule has 0 aliphatic carbocycles. The number of ether oxygens (including phenoxy) is 2. The van der Waals surface area contributed by atoms with Gasteiger partial charge in [0.2, 0.25) is 0 Å². The van der Waals surface area contributed by atoms with E-state index >= 15 is 0 Å². The number of nitrogens with zero attached hydrogens (tertiary/aromatic N) is 2. The predicted octanol–water partition coefficient (Wildman–Crippen LogP) is 1.71. The average Bonchev–Trinajstić information content (AvgIpc) is 2.84. The molecule has 0 unspecified atom stereocenters. The van der Waals surface area contributed by atoms with E-state index in [1.54, 1.807) is 19.1 Å². The van der Waals surface area contributed by atoms with Crippen LogP contribution in [0.15, 0.2) is 48.5 Å². The topological polar surface area (TPSA) is 46.5 Å². The number of piperazine rings is 1. The van der Waals surface area contributed by atoms with Gasteiger partial charge in [-0.2, -0.15) is 0 Å². The fraction of sp³-hybridized carbons (Fsp3) is 0.480. The Labute approximate surface area is 185 Å². The highest BCUT2D eigenvalue weighted by Crippen LogP contribution is 2.31. The molecular weight excluding hydrogens is 390 g/mol. The molecule has 6 heteroatoms. The Kier molecular flexibility index (Phi) is 7.10. The van der Waals surface area contributed by atoms with Crippen LogP contribution in [0.1, 0.15) is 28.8 Å². The van der Waals surface area contributed by atoms with Crippen molar-refractivity contribution in [1.29, 1.82) is 0 Å². The van der Waals surface area contributed by atoms with E-state index in [1.165, 1.54) is 31.5 Å². The third-order valence-electron chi connectivity index (χ3n) is 6.71. The lowest BCUT2D eigenvalue weighted by atomic mass is 10.0. The van der Waals surface area contributed by atoms with Gasteiger partial charge >= 0.3 is 0 Å². The van der Waals surface area contributed by atoms with Crippen LogP contribution in [0.5, 0.6) is 11.5 Å². The molecule has 4 rings (SSSR count). The normalized spacial score (nSPS) is 22.2. The number of nitrogens with one attached hydrogen (secondary N) is 1. The van der Waals surface area contributed by atoms with Gasteiger partial charge in [0.1, 0.15) is 6.54 Å². The molecule has 2 heterocycles. The number of carbonyl (C=O) groups excluding carboxylic acids is 1. The van der Waals surface area contributed by atoms with E-state index in [-0.39, 0.29) is 5.91 Å². The summed E-state index contributed by atoms with van der Waals surface area (Å²) in [6, 6.07) is 16.9. The van der Waals surface area contributed by atoms with Crippen molar-refractivity contribution in [2.45, 2.75) is 25.4 Å². The summed E-state index contributed by atoms with van der Waals surface area (Å²) >= 11 is 0. The highest BCUT2D eigenvalue weighted by atomic mass is 16.5. The van der Waals surface area contributed by atoms with Crippen molar-refractivity contribution >= 4 is 5.91 Å². The second-order valence-corrected chi connectivity index (χ2v) is 8.51. The van der Waals surface area contributed by atoms with Crippen LogP contribution in [0.2, 0.25) is 0 Å². The molecule has 2 aliphatic rings. The van der Waals surface area contributed by atoms with Gasteiger partial charge < -0.3 is 19.3 Å². The van der Waals surface area contributed by atoms with Crippen LogP contribution < -0.4 is 14.4 Å². The molecule has 2 aromatic rings. The number of hydrogen-bond acceptors (Lipinski definition) is 4. The SMILES string of the molecule is COc1cccc(C(=O)N2CCN(C3CC[NH+](Cc4ccccc4)CC3)CC2)c1OC. The fourth-order valence-electron chi connectivity index (χ4n) is 4.95. The first-order chi connectivity index (χ1) is 15.2. The lowest BCUT2D eigenvalue weighted by Gasteiger charge is -2.41. The maximum absolute atomic E-state index is 13.1. The van der Waals surface area contributed by atoms with Gasteiger partial charge in [0, 0.05) is 50.6 Å². The van der Waals surface area contributed by atoms with Gasteiger partial charge in [0.25, 0.3) is 5.91 Å². The summed E-state index contributed by atoms with van der Waals surface area (Å²) in [6.07, 6.45) is 2.47. The lowest BCUT2D eigenvalue weighted by molar-refractivity contribution is -0.919. The summed E-state index contributed by atoms with van der Waals surface area (Å²) in [4.78, 5) is 19.3. The Bertz CT molecular complexity index is 858. The Morgan fingerprint density at radius 3 is 2.29 bits per heavy atom. The van der Waals surface area contributed by atoms with E-state index in [0.717, 1.165) is 32.7 Å². The first-order valence-corrected chi connectivity index (χ1v) is 11.3. The highest BCUT2D eigenvalue weighted by Gasteiger charge is 2.31. The van der Waals surface area contributed by atoms with Gasteiger partial charge in [0.05, 0.1) is 32.9 Å². The van der Waals surface area contributed by atoms with Crippen molar-refractivity contribution in [3.8, 4) is 11.5 Å². The molecule has 2 fully saturated rings. The number of hydrogen-bond donors (Lipinski definition) is 1. The number of quaternary nitrogens is 1. The number of para-hydroxylation sites is 1. The van der Waals surface area contributed by atoms with Crippen LogP contribution in [-0.2, 0) is 6.54 Å². The summed E-state index contributed by atoms with van der Waals surface area (Å²) in [7, 11) is 3.18. The van der Waals surface area contributed by atoms with Gasteiger partial charge in [0.15, 0.2) is 11.5 Å². The van der Waals surface area contributed by atoms with Crippen molar-refractivity contribution in [3.05, 3.63) is 59.7 Å². The number of amides is 1. The second-order valence-electron chi connectivity index (χ2n) is 8.51. The van der Waals surface area contributed by atoms with Crippen LogP contribution in [0.25, 0.3) is 0 Å². The monoisotopic (exact) mass is 424 g/mol. The molecule has 0 atom stereocenters. The Balaban J connectivity index is 1.28. The number of carbonyl (C=O) groups is 1. The highest BCUT2D eigenvalue weighted by molar-refractivity contribution is 5.97. The molecule has 0 aromatic heterocycles. The molecule has 0 saturated carbocycles. The number of piperidine rings is 1. The van der Waals surface area contributed by atoms with Crippen molar-refractivity contribution < 1.29 is 19.2 Å². The third-order valence-corrected chi connectivity index (χ3v) is 6.71. The maximum atomic E-state index is 13.1. The number of likely N-dealkylation sites (tertiary alicyclic amines) is 1. The van der Waals surface area contributed by atoms with E-state index in [1.807, 2.05) is 23.1 Å². The number of methoxy groups -OCH3 is 2. The van der Waals surface area contributed by atoms with Crippen molar-refractivity contribution in [1.82, 2.24) is 9.80 Å². The van der Waals surface area contributed by atoms with Crippen LogP contribution in [0.4, 0.5) is 0 Å². The summed E-state index contributed by atoms with van der Waals surface area (Å²) < 4.78 is 10.8. The molecule has 2 saturated heterocycles. The van der Waals surface area contributed by atoms with Gasteiger partial charge in [-0.15, -0.1) is 0 Å².